The summed E-state index contributed by atoms with van der Waals surface area (Å²) in [5.74, 6) is 1.46. The number of rotatable bonds is 4. The van der Waals surface area contributed by atoms with Gasteiger partial charge in [-0.15, -0.1) is 0 Å². The molecule has 1 aromatic carbocycles. The number of ether oxygens (including phenoxy) is 2. The van der Waals surface area contributed by atoms with Crippen molar-refractivity contribution in [2.45, 2.75) is 26.4 Å². The lowest BCUT2D eigenvalue weighted by atomic mass is 10.1. The van der Waals surface area contributed by atoms with E-state index < -0.39 is 5.97 Å². The number of benzene rings is 1. The monoisotopic (exact) mass is 355 g/mol. The molecule has 0 radical (unpaired) electrons. The molecule has 0 amide bonds. The third-order valence-corrected chi connectivity index (χ3v) is 3.87. The highest BCUT2D eigenvalue weighted by Crippen LogP contribution is 2.33. The first-order valence-electron chi connectivity index (χ1n) is 8.30. The highest BCUT2D eigenvalue weighted by molar-refractivity contribution is 6.01. The molecule has 1 aliphatic heterocycles. The molecule has 0 saturated carbocycles. The maximum absolute atomic E-state index is 11.9. The first-order valence-corrected chi connectivity index (χ1v) is 8.30. The third kappa shape index (κ3) is 3.44. The molecule has 1 aliphatic rings. The standard InChI is InChI=1S/C18H21N5O3/c1-11(2)21-16(20-10-19)14-9-23-6-7-26-15-5-4-12(18(24)25-3)8-13(15)17(23)22-14/h4-5,8-11H,6-7H2,1-3H3,(H2,19,20,21). The van der Waals surface area contributed by atoms with Crippen molar-refractivity contribution in [3.05, 3.63) is 35.7 Å². The Hall–Kier alpha value is -3.16. The lowest BCUT2D eigenvalue weighted by Gasteiger charge is -2.10. The number of nitrogens with zero attached hydrogens (tertiary/aromatic N) is 3. The summed E-state index contributed by atoms with van der Waals surface area (Å²) >= 11 is 0. The van der Waals surface area contributed by atoms with Crippen molar-refractivity contribution in [3.63, 3.8) is 0 Å². The molecule has 0 aliphatic carbocycles. The van der Waals surface area contributed by atoms with Crippen LogP contribution in [0.25, 0.3) is 11.4 Å². The zero-order chi connectivity index (χ0) is 18.7. The highest BCUT2D eigenvalue weighted by Gasteiger charge is 2.22. The van der Waals surface area contributed by atoms with Crippen molar-refractivity contribution in [1.29, 1.82) is 5.41 Å². The van der Waals surface area contributed by atoms with Crippen LogP contribution in [-0.2, 0) is 11.3 Å². The van der Waals surface area contributed by atoms with Crippen molar-refractivity contribution < 1.29 is 14.3 Å². The van der Waals surface area contributed by atoms with Crippen LogP contribution in [0.1, 0.15) is 29.9 Å². The number of amidine groups is 1. The fourth-order valence-electron chi connectivity index (χ4n) is 2.76. The molecule has 2 N–H and O–H groups in total. The van der Waals surface area contributed by atoms with Crippen LogP contribution in [0.3, 0.4) is 0 Å². The van der Waals surface area contributed by atoms with Crippen molar-refractivity contribution >= 4 is 18.1 Å². The number of imidazole rings is 1. The molecular formula is C18H21N5O3. The van der Waals surface area contributed by atoms with Gasteiger partial charge in [0.2, 0.25) is 0 Å². The van der Waals surface area contributed by atoms with E-state index in [1.807, 2.05) is 24.6 Å². The maximum Gasteiger partial charge on any atom is 0.337 e. The maximum atomic E-state index is 11.9. The van der Waals surface area contributed by atoms with Gasteiger partial charge < -0.3 is 19.4 Å². The summed E-state index contributed by atoms with van der Waals surface area (Å²) in [6, 6.07) is 5.30. The molecule has 0 spiro atoms. The Morgan fingerprint density at radius 2 is 2.31 bits per heavy atom. The lowest BCUT2D eigenvalue weighted by molar-refractivity contribution is 0.0600. The van der Waals surface area contributed by atoms with Crippen LogP contribution in [0.2, 0.25) is 0 Å². The second-order valence-corrected chi connectivity index (χ2v) is 6.10. The van der Waals surface area contributed by atoms with Gasteiger partial charge in [-0.25, -0.2) is 14.8 Å². The van der Waals surface area contributed by atoms with Crippen LogP contribution in [-0.4, -0.2) is 47.5 Å². The summed E-state index contributed by atoms with van der Waals surface area (Å²) in [5, 5.41) is 10.5. The predicted molar refractivity (Wildman–Crippen MR) is 98.1 cm³/mol. The molecule has 136 valence electrons. The number of aliphatic imine (C=N–C) groups is 1. The van der Waals surface area contributed by atoms with Gasteiger partial charge in [0, 0.05) is 12.2 Å². The van der Waals surface area contributed by atoms with Gasteiger partial charge in [-0.2, -0.15) is 0 Å². The fraction of sp³-hybridized carbons (Fsp3) is 0.333. The van der Waals surface area contributed by atoms with E-state index in [4.69, 9.17) is 14.9 Å². The minimum absolute atomic E-state index is 0.150. The average Bonchev–Trinajstić information content (AvgIpc) is 2.97. The van der Waals surface area contributed by atoms with E-state index >= 15 is 0 Å². The fourth-order valence-corrected chi connectivity index (χ4v) is 2.76. The average molecular weight is 355 g/mol. The van der Waals surface area contributed by atoms with Gasteiger partial charge in [0.05, 0.1) is 24.8 Å². The zero-order valence-corrected chi connectivity index (χ0v) is 14.9. The Bertz CT molecular complexity index is 870. The van der Waals surface area contributed by atoms with Gasteiger partial charge in [-0.05, 0) is 32.0 Å². The number of fused-ring (bicyclic) bond motifs is 3. The van der Waals surface area contributed by atoms with Crippen LogP contribution in [0.15, 0.2) is 29.4 Å². The molecule has 0 saturated heterocycles. The van der Waals surface area contributed by atoms with Crippen LogP contribution >= 0.6 is 0 Å². The Morgan fingerprint density at radius 3 is 3.00 bits per heavy atom. The van der Waals surface area contributed by atoms with Crippen LogP contribution in [0.5, 0.6) is 5.75 Å². The summed E-state index contributed by atoms with van der Waals surface area (Å²) in [6.45, 7) is 5.09. The van der Waals surface area contributed by atoms with E-state index in [1.54, 1.807) is 18.2 Å². The normalized spacial score (nSPS) is 13.3. The Labute approximate surface area is 151 Å². The SMILES string of the molecule is COC(=O)c1ccc2c(c1)-c1nc(/C(=N/C=N)NC(C)C)cn1CCO2. The van der Waals surface area contributed by atoms with E-state index in [0.717, 1.165) is 11.9 Å². The molecule has 2 heterocycles. The largest absolute Gasteiger partial charge is 0.491 e. The Kier molecular flexibility index (Phi) is 5.01. The second-order valence-electron chi connectivity index (χ2n) is 6.10. The molecule has 0 unspecified atom stereocenters. The van der Waals surface area contributed by atoms with Crippen LogP contribution in [0, 0.1) is 5.41 Å². The van der Waals surface area contributed by atoms with E-state index in [2.05, 4.69) is 15.3 Å². The molecule has 3 rings (SSSR count). The van der Waals surface area contributed by atoms with Gasteiger partial charge in [-0.1, -0.05) is 0 Å². The molecule has 8 heteroatoms. The van der Waals surface area contributed by atoms with Gasteiger partial charge in [-0.3, -0.25) is 5.41 Å². The Balaban J connectivity index is 2.09. The molecule has 26 heavy (non-hydrogen) atoms. The molecule has 1 aromatic heterocycles. The molecule has 0 atom stereocenters. The van der Waals surface area contributed by atoms with E-state index in [-0.39, 0.29) is 6.04 Å². The van der Waals surface area contributed by atoms with Crippen LogP contribution in [0.4, 0.5) is 0 Å². The van der Waals surface area contributed by atoms with E-state index in [9.17, 15) is 4.79 Å². The first-order chi connectivity index (χ1) is 12.5. The quantitative estimate of drug-likeness (QED) is 0.497. The molecule has 8 nitrogen and oxygen atoms in total. The number of carbonyl (C=O) groups is 1. The van der Waals surface area contributed by atoms with Gasteiger partial charge in [0.15, 0.2) is 5.84 Å². The number of carbonyl (C=O) groups excluding carboxylic acids is 1. The second kappa shape index (κ2) is 7.38. The van der Waals surface area contributed by atoms with Gasteiger partial charge >= 0.3 is 5.97 Å². The molecular weight excluding hydrogens is 334 g/mol. The molecule has 0 fully saturated rings. The van der Waals surface area contributed by atoms with Crippen molar-refractivity contribution in [1.82, 2.24) is 14.9 Å². The minimum atomic E-state index is -0.414. The summed E-state index contributed by atoms with van der Waals surface area (Å²) in [7, 11) is 1.35. The zero-order valence-electron chi connectivity index (χ0n) is 14.9. The summed E-state index contributed by atoms with van der Waals surface area (Å²) in [4.78, 5) is 20.6. The third-order valence-electron chi connectivity index (χ3n) is 3.87. The predicted octanol–water partition coefficient (Wildman–Crippen LogP) is 2.08. The number of aromatic nitrogens is 2. The lowest BCUT2D eigenvalue weighted by Crippen LogP contribution is -2.31. The molecule has 2 aromatic rings. The minimum Gasteiger partial charge on any atom is -0.491 e. The first kappa shape index (κ1) is 17.7. The summed E-state index contributed by atoms with van der Waals surface area (Å²) in [6.07, 6.45) is 2.86. The highest BCUT2D eigenvalue weighted by atomic mass is 16.5. The topological polar surface area (TPSA) is 102 Å². The van der Waals surface area contributed by atoms with Crippen molar-refractivity contribution in [2.24, 2.45) is 4.99 Å². The summed E-state index contributed by atoms with van der Waals surface area (Å²) in [5.41, 5.74) is 1.78. The number of hydrogen-bond donors (Lipinski definition) is 2. The van der Waals surface area contributed by atoms with Gasteiger partial charge in [0.25, 0.3) is 0 Å². The van der Waals surface area contributed by atoms with Crippen molar-refractivity contribution in [2.75, 3.05) is 13.7 Å². The number of hydrogen-bond acceptors (Lipinski definition) is 5. The van der Waals surface area contributed by atoms with Crippen LogP contribution < -0.4 is 10.1 Å². The van der Waals surface area contributed by atoms with Crippen molar-refractivity contribution in [3.8, 4) is 17.1 Å². The van der Waals surface area contributed by atoms with E-state index in [0.29, 0.717) is 41.8 Å². The number of methoxy groups -OCH3 is 1. The van der Waals surface area contributed by atoms with Gasteiger partial charge in [0.1, 0.15) is 30.2 Å². The number of nitrogens with one attached hydrogen (secondary N) is 2. The Morgan fingerprint density at radius 1 is 1.50 bits per heavy atom. The summed E-state index contributed by atoms with van der Waals surface area (Å²) < 4.78 is 12.5. The number of esters is 1. The smallest absolute Gasteiger partial charge is 0.337 e. The molecule has 0 bridgehead atoms. The van der Waals surface area contributed by atoms with E-state index in [1.165, 1.54) is 7.11 Å².